The molecule has 7 nitrogen and oxygen atoms in total. The van der Waals surface area contributed by atoms with E-state index in [0.29, 0.717) is 11.3 Å². The molecular weight excluding hydrogens is 367 g/mol. The molecule has 1 atom stereocenters. The summed E-state index contributed by atoms with van der Waals surface area (Å²) in [6.07, 6.45) is -3.43. The van der Waals surface area contributed by atoms with Crippen LogP contribution in [0.25, 0.3) is 0 Å². The molecule has 0 saturated heterocycles. The van der Waals surface area contributed by atoms with Gasteiger partial charge in [-0.05, 0) is 24.1 Å². The van der Waals surface area contributed by atoms with E-state index in [1.54, 1.807) is 24.3 Å². The van der Waals surface area contributed by atoms with Gasteiger partial charge in [-0.25, -0.2) is 0 Å². The van der Waals surface area contributed by atoms with Gasteiger partial charge < -0.3 is 15.2 Å². The Balaban J connectivity index is 1.94. The highest BCUT2D eigenvalue weighted by atomic mass is 19.4. The topological polar surface area (TPSA) is 93.5 Å². The first-order valence-electron chi connectivity index (χ1n) is 7.92. The second-order valence-electron chi connectivity index (χ2n) is 5.75. The van der Waals surface area contributed by atoms with Crippen molar-refractivity contribution in [2.24, 2.45) is 5.92 Å². The number of nitrogens with zero attached hydrogens (tertiary/aromatic N) is 2. The van der Waals surface area contributed by atoms with Gasteiger partial charge in [0.2, 0.25) is 5.91 Å². The molecule has 1 heterocycles. The molecule has 1 unspecified atom stereocenters. The number of methoxy groups -OCH3 is 1. The predicted octanol–water partition coefficient (Wildman–Crippen LogP) is 1.97. The minimum absolute atomic E-state index is 0.125. The average Bonchev–Trinajstić information content (AvgIpc) is 3.07. The molecule has 1 aromatic heterocycles. The summed E-state index contributed by atoms with van der Waals surface area (Å²) in [6.45, 7) is -0.628. The van der Waals surface area contributed by atoms with Gasteiger partial charge in [0.05, 0.1) is 13.0 Å². The number of para-hydroxylation sites is 1. The zero-order chi connectivity index (χ0) is 20.0. The highest BCUT2D eigenvalue weighted by Gasteiger charge is 2.33. The van der Waals surface area contributed by atoms with Gasteiger partial charge in [-0.3, -0.25) is 14.3 Å². The summed E-state index contributed by atoms with van der Waals surface area (Å²) < 4.78 is 43.5. The van der Waals surface area contributed by atoms with Crippen molar-refractivity contribution in [3.8, 4) is 5.75 Å². The van der Waals surface area contributed by atoms with Crippen molar-refractivity contribution >= 4 is 11.9 Å². The number of hydrogen-bond acceptors (Lipinski definition) is 4. The fraction of sp³-hybridized carbons (Fsp3) is 0.353. The van der Waals surface area contributed by atoms with Gasteiger partial charge in [0.15, 0.2) is 5.69 Å². The molecule has 0 saturated carbocycles. The van der Waals surface area contributed by atoms with Crippen LogP contribution >= 0.6 is 0 Å². The van der Waals surface area contributed by atoms with Crippen molar-refractivity contribution < 1.29 is 32.6 Å². The Hall–Kier alpha value is -3.04. The van der Waals surface area contributed by atoms with Crippen LogP contribution in [-0.4, -0.2) is 40.4 Å². The van der Waals surface area contributed by atoms with E-state index >= 15 is 0 Å². The lowest BCUT2D eigenvalue weighted by atomic mass is 9.98. The highest BCUT2D eigenvalue weighted by molar-refractivity contribution is 5.77. The van der Waals surface area contributed by atoms with Crippen LogP contribution in [0, 0.1) is 5.92 Å². The van der Waals surface area contributed by atoms with Gasteiger partial charge in [0.25, 0.3) is 0 Å². The normalized spacial score (nSPS) is 12.4. The average molecular weight is 385 g/mol. The van der Waals surface area contributed by atoms with E-state index in [4.69, 9.17) is 4.74 Å². The number of ether oxygens (including phenoxy) is 1. The van der Waals surface area contributed by atoms with E-state index in [9.17, 15) is 27.9 Å². The molecule has 0 aliphatic rings. The monoisotopic (exact) mass is 385 g/mol. The number of alkyl halides is 3. The number of carbonyl (C=O) groups is 2. The number of halogens is 3. The summed E-state index contributed by atoms with van der Waals surface area (Å²) in [4.78, 5) is 23.4. The number of hydrogen-bond donors (Lipinski definition) is 2. The smallest absolute Gasteiger partial charge is 0.435 e. The number of aromatic nitrogens is 2. The number of carboxylic acid groups (broad SMARTS) is 1. The lowest BCUT2D eigenvalue weighted by Crippen LogP contribution is -2.36. The fourth-order valence-electron chi connectivity index (χ4n) is 2.42. The van der Waals surface area contributed by atoms with Gasteiger partial charge in [0, 0.05) is 12.7 Å². The standard InChI is InChI=1S/C17H18F3N3O4/c1-27-13-5-3-2-4-11(13)8-12(16(25)26)9-21-15(24)10-23-7-6-14(22-23)17(18,19)20/h2-7,12H,8-10H2,1H3,(H,21,24)(H,25,26). The maximum Gasteiger partial charge on any atom is 0.435 e. The number of carbonyl (C=O) groups excluding carboxylic acids is 1. The maximum atomic E-state index is 12.5. The van der Waals surface area contributed by atoms with Crippen LogP contribution in [-0.2, 0) is 28.7 Å². The molecule has 1 aromatic carbocycles. The SMILES string of the molecule is COc1ccccc1CC(CNC(=O)Cn1ccc(C(F)(F)F)n1)C(=O)O. The van der Waals surface area contributed by atoms with Crippen LogP contribution in [0.2, 0.25) is 0 Å². The van der Waals surface area contributed by atoms with Gasteiger partial charge >= 0.3 is 12.1 Å². The van der Waals surface area contributed by atoms with Crippen molar-refractivity contribution in [2.45, 2.75) is 19.1 Å². The fourth-order valence-corrected chi connectivity index (χ4v) is 2.42. The van der Waals surface area contributed by atoms with Gasteiger partial charge in [-0.2, -0.15) is 18.3 Å². The number of nitrogens with one attached hydrogen (secondary N) is 1. The van der Waals surface area contributed by atoms with E-state index in [2.05, 4.69) is 10.4 Å². The Morgan fingerprint density at radius 2 is 2.00 bits per heavy atom. The molecule has 2 rings (SSSR count). The largest absolute Gasteiger partial charge is 0.496 e. The van der Waals surface area contributed by atoms with Crippen LogP contribution < -0.4 is 10.1 Å². The molecule has 0 aliphatic carbocycles. The minimum Gasteiger partial charge on any atom is -0.496 e. The van der Waals surface area contributed by atoms with Crippen molar-refractivity contribution in [1.29, 1.82) is 0 Å². The quantitative estimate of drug-likeness (QED) is 0.725. The lowest BCUT2D eigenvalue weighted by Gasteiger charge is -2.15. The first-order chi connectivity index (χ1) is 12.7. The number of aliphatic carboxylic acids is 1. The number of amides is 1. The summed E-state index contributed by atoms with van der Waals surface area (Å²) in [5.74, 6) is -2.14. The van der Waals surface area contributed by atoms with Crippen molar-refractivity contribution in [3.63, 3.8) is 0 Å². The highest BCUT2D eigenvalue weighted by Crippen LogP contribution is 2.27. The molecule has 0 spiro atoms. The maximum absolute atomic E-state index is 12.5. The van der Waals surface area contributed by atoms with Crippen molar-refractivity contribution in [1.82, 2.24) is 15.1 Å². The lowest BCUT2D eigenvalue weighted by molar-refractivity contribution is -0.143. The van der Waals surface area contributed by atoms with E-state index in [1.165, 1.54) is 7.11 Å². The van der Waals surface area contributed by atoms with Crippen molar-refractivity contribution in [3.05, 3.63) is 47.8 Å². The Bertz CT molecular complexity index is 805. The molecule has 10 heteroatoms. The third-order valence-electron chi connectivity index (χ3n) is 3.79. The summed E-state index contributed by atoms with van der Waals surface area (Å²) in [5.41, 5.74) is -0.432. The van der Waals surface area contributed by atoms with Crippen LogP contribution in [0.15, 0.2) is 36.5 Å². The Kier molecular flexibility index (Phi) is 6.43. The third kappa shape index (κ3) is 5.73. The molecule has 1 amide bonds. The minimum atomic E-state index is -4.59. The van der Waals surface area contributed by atoms with Crippen molar-refractivity contribution in [2.75, 3.05) is 13.7 Å². The van der Waals surface area contributed by atoms with E-state index in [0.717, 1.165) is 16.9 Å². The van der Waals surface area contributed by atoms with Gasteiger partial charge in [-0.15, -0.1) is 0 Å². The second-order valence-corrected chi connectivity index (χ2v) is 5.75. The Labute approximate surface area is 152 Å². The number of rotatable bonds is 8. The first kappa shape index (κ1) is 20.3. The van der Waals surface area contributed by atoms with E-state index in [1.807, 2.05) is 0 Å². The molecule has 27 heavy (non-hydrogen) atoms. The van der Waals surface area contributed by atoms with Crippen LogP contribution in [0.5, 0.6) is 5.75 Å². The zero-order valence-corrected chi connectivity index (χ0v) is 14.4. The van der Waals surface area contributed by atoms with Crippen LogP contribution in [0.1, 0.15) is 11.3 Å². The zero-order valence-electron chi connectivity index (χ0n) is 14.4. The van der Waals surface area contributed by atoms with Gasteiger partial charge in [0.1, 0.15) is 12.3 Å². The molecule has 0 fully saturated rings. The van der Waals surface area contributed by atoms with Gasteiger partial charge in [-0.1, -0.05) is 18.2 Å². The molecule has 0 aliphatic heterocycles. The summed E-state index contributed by atoms with van der Waals surface area (Å²) >= 11 is 0. The predicted molar refractivity (Wildman–Crippen MR) is 88.1 cm³/mol. The summed E-state index contributed by atoms with van der Waals surface area (Å²) in [6, 6.07) is 7.67. The van der Waals surface area contributed by atoms with E-state index in [-0.39, 0.29) is 13.0 Å². The summed E-state index contributed by atoms with van der Waals surface area (Å²) in [5, 5.41) is 15.0. The van der Waals surface area contributed by atoms with Crippen LogP contribution in [0.4, 0.5) is 13.2 Å². The Morgan fingerprint density at radius 3 is 2.59 bits per heavy atom. The number of carboxylic acids is 1. The van der Waals surface area contributed by atoms with Crippen LogP contribution in [0.3, 0.4) is 0 Å². The third-order valence-corrected chi connectivity index (χ3v) is 3.79. The first-order valence-corrected chi connectivity index (χ1v) is 7.92. The Morgan fingerprint density at radius 1 is 1.30 bits per heavy atom. The molecule has 0 radical (unpaired) electrons. The molecular formula is C17H18F3N3O4. The number of benzene rings is 1. The molecule has 0 bridgehead atoms. The molecule has 2 aromatic rings. The molecule has 2 N–H and O–H groups in total. The van der Waals surface area contributed by atoms with E-state index < -0.39 is 36.2 Å². The second kappa shape index (κ2) is 8.56. The summed E-state index contributed by atoms with van der Waals surface area (Å²) in [7, 11) is 1.47. The molecule has 146 valence electrons.